The summed E-state index contributed by atoms with van der Waals surface area (Å²) in [7, 11) is 1.63. The Labute approximate surface area is 163 Å². The highest BCUT2D eigenvalue weighted by molar-refractivity contribution is 5.94. The van der Waals surface area contributed by atoms with Crippen LogP contribution in [0.1, 0.15) is 15.9 Å². The second-order valence-electron chi connectivity index (χ2n) is 7.01. The molecule has 6 nitrogen and oxygen atoms in total. The molecule has 2 heterocycles. The van der Waals surface area contributed by atoms with Crippen LogP contribution in [0.25, 0.3) is 10.9 Å². The number of aromatic amines is 1. The van der Waals surface area contributed by atoms with Gasteiger partial charge in [-0.3, -0.25) is 14.5 Å². The number of piperazine rings is 1. The average Bonchev–Trinajstić information content (AvgIpc) is 2.74. The van der Waals surface area contributed by atoms with Crippen molar-refractivity contribution in [1.29, 1.82) is 0 Å². The summed E-state index contributed by atoms with van der Waals surface area (Å²) >= 11 is 0. The molecule has 0 atom stereocenters. The number of carbonyl (C=O) groups excluding carboxylic acids is 1. The van der Waals surface area contributed by atoms with Gasteiger partial charge >= 0.3 is 0 Å². The van der Waals surface area contributed by atoms with Crippen LogP contribution in [0.2, 0.25) is 0 Å². The molecule has 1 amide bonds. The van der Waals surface area contributed by atoms with Crippen molar-refractivity contribution in [3.8, 4) is 5.75 Å². The Morgan fingerprint density at radius 1 is 1.04 bits per heavy atom. The normalized spacial score (nSPS) is 15.0. The van der Waals surface area contributed by atoms with Crippen LogP contribution in [-0.4, -0.2) is 54.0 Å². The van der Waals surface area contributed by atoms with E-state index in [1.165, 1.54) is 0 Å². The molecule has 1 aliphatic rings. The van der Waals surface area contributed by atoms with E-state index in [4.69, 9.17) is 4.74 Å². The maximum atomic E-state index is 12.6. The van der Waals surface area contributed by atoms with Gasteiger partial charge in [0.1, 0.15) is 5.75 Å². The molecule has 1 N–H and O–H groups in total. The van der Waals surface area contributed by atoms with E-state index in [9.17, 15) is 9.59 Å². The monoisotopic (exact) mass is 377 g/mol. The Balaban J connectivity index is 1.44. The third kappa shape index (κ3) is 3.77. The Kier molecular flexibility index (Phi) is 5.12. The standard InChI is InChI=1S/C22H23N3O3/c1-28-19-7-8-20-17(14-19)13-18(21(26)23-20)15-24-9-11-25(12-10-24)22(27)16-5-3-2-4-6-16/h2-8,13-14H,9-12,15H2,1H3,(H,23,26). The summed E-state index contributed by atoms with van der Waals surface area (Å²) in [6, 6.07) is 16.9. The highest BCUT2D eigenvalue weighted by Gasteiger charge is 2.22. The van der Waals surface area contributed by atoms with Gasteiger partial charge in [-0.2, -0.15) is 0 Å². The molecular weight excluding hydrogens is 354 g/mol. The highest BCUT2D eigenvalue weighted by Crippen LogP contribution is 2.19. The molecule has 144 valence electrons. The first kappa shape index (κ1) is 18.3. The summed E-state index contributed by atoms with van der Waals surface area (Å²) < 4.78 is 5.27. The summed E-state index contributed by atoms with van der Waals surface area (Å²) in [4.78, 5) is 32.0. The van der Waals surface area contributed by atoms with Crippen molar-refractivity contribution in [2.75, 3.05) is 33.3 Å². The molecule has 1 aromatic heterocycles. The number of amides is 1. The minimum Gasteiger partial charge on any atom is -0.497 e. The number of ether oxygens (including phenoxy) is 1. The van der Waals surface area contributed by atoms with Crippen LogP contribution in [0.4, 0.5) is 0 Å². The van der Waals surface area contributed by atoms with Gasteiger partial charge in [-0.25, -0.2) is 0 Å². The molecule has 0 saturated carbocycles. The number of fused-ring (bicyclic) bond motifs is 1. The Morgan fingerprint density at radius 3 is 2.50 bits per heavy atom. The van der Waals surface area contributed by atoms with Gasteiger partial charge in [0.05, 0.1) is 7.11 Å². The first-order chi connectivity index (χ1) is 13.6. The average molecular weight is 377 g/mol. The van der Waals surface area contributed by atoms with E-state index >= 15 is 0 Å². The van der Waals surface area contributed by atoms with E-state index in [-0.39, 0.29) is 11.5 Å². The second-order valence-corrected chi connectivity index (χ2v) is 7.01. The number of nitrogens with one attached hydrogen (secondary N) is 1. The van der Waals surface area contributed by atoms with Crippen LogP contribution in [0.3, 0.4) is 0 Å². The minimum atomic E-state index is -0.0690. The van der Waals surface area contributed by atoms with Gasteiger partial charge in [0.25, 0.3) is 11.5 Å². The first-order valence-corrected chi connectivity index (χ1v) is 9.40. The number of H-pyrrole nitrogens is 1. The maximum Gasteiger partial charge on any atom is 0.253 e. The van der Waals surface area contributed by atoms with E-state index in [0.717, 1.165) is 40.9 Å². The zero-order valence-corrected chi connectivity index (χ0v) is 15.9. The molecule has 1 saturated heterocycles. The van der Waals surface area contributed by atoms with Crippen LogP contribution >= 0.6 is 0 Å². The number of nitrogens with zero attached hydrogens (tertiary/aromatic N) is 2. The van der Waals surface area contributed by atoms with Crippen LogP contribution in [-0.2, 0) is 6.54 Å². The van der Waals surface area contributed by atoms with Crippen LogP contribution in [0.15, 0.2) is 59.4 Å². The van der Waals surface area contributed by atoms with Gasteiger partial charge in [-0.1, -0.05) is 18.2 Å². The largest absolute Gasteiger partial charge is 0.497 e. The summed E-state index contributed by atoms with van der Waals surface area (Å²) in [5, 5.41) is 0.951. The van der Waals surface area contributed by atoms with Gasteiger partial charge in [-0.05, 0) is 36.4 Å². The van der Waals surface area contributed by atoms with E-state index in [1.54, 1.807) is 7.11 Å². The topological polar surface area (TPSA) is 65.6 Å². The molecule has 0 aliphatic carbocycles. The molecule has 3 aromatic rings. The van der Waals surface area contributed by atoms with E-state index in [2.05, 4.69) is 9.88 Å². The maximum absolute atomic E-state index is 12.6. The lowest BCUT2D eigenvalue weighted by Crippen LogP contribution is -2.48. The second kappa shape index (κ2) is 7.86. The molecule has 0 bridgehead atoms. The smallest absolute Gasteiger partial charge is 0.253 e. The first-order valence-electron chi connectivity index (χ1n) is 9.40. The van der Waals surface area contributed by atoms with Gasteiger partial charge in [0, 0.05) is 54.8 Å². The molecule has 0 radical (unpaired) electrons. The molecule has 2 aromatic carbocycles. The lowest BCUT2D eigenvalue weighted by Gasteiger charge is -2.34. The fraction of sp³-hybridized carbons (Fsp3) is 0.273. The summed E-state index contributed by atoms with van der Waals surface area (Å²) in [6.45, 7) is 3.37. The molecular formula is C22H23N3O3. The van der Waals surface area contributed by atoms with Crippen molar-refractivity contribution in [2.45, 2.75) is 6.54 Å². The van der Waals surface area contributed by atoms with Crippen molar-refractivity contribution in [1.82, 2.24) is 14.8 Å². The fourth-order valence-electron chi connectivity index (χ4n) is 3.59. The van der Waals surface area contributed by atoms with E-state index < -0.39 is 0 Å². The van der Waals surface area contributed by atoms with Crippen LogP contribution in [0, 0.1) is 0 Å². The number of rotatable bonds is 4. The highest BCUT2D eigenvalue weighted by atomic mass is 16.5. The molecule has 1 aliphatic heterocycles. The number of methoxy groups -OCH3 is 1. The molecule has 0 unspecified atom stereocenters. The Morgan fingerprint density at radius 2 is 1.79 bits per heavy atom. The van der Waals surface area contributed by atoms with Gasteiger partial charge in [-0.15, -0.1) is 0 Å². The van der Waals surface area contributed by atoms with Crippen molar-refractivity contribution in [2.24, 2.45) is 0 Å². The summed E-state index contributed by atoms with van der Waals surface area (Å²) in [6.07, 6.45) is 0. The number of aromatic nitrogens is 1. The third-order valence-corrected chi connectivity index (χ3v) is 5.20. The zero-order chi connectivity index (χ0) is 19.5. The van der Waals surface area contributed by atoms with Crippen molar-refractivity contribution in [3.63, 3.8) is 0 Å². The van der Waals surface area contributed by atoms with Gasteiger partial charge in [0.2, 0.25) is 0 Å². The lowest BCUT2D eigenvalue weighted by atomic mass is 10.1. The number of carbonyl (C=O) groups is 1. The van der Waals surface area contributed by atoms with E-state index in [0.29, 0.717) is 19.6 Å². The predicted molar refractivity (Wildman–Crippen MR) is 109 cm³/mol. The van der Waals surface area contributed by atoms with Gasteiger partial charge in [0.15, 0.2) is 0 Å². The van der Waals surface area contributed by atoms with Crippen molar-refractivity contribution < 1.29 is 9.53 Å². The molecule has 28 heavy (non-hydrogen) atoms. The Hall–Kier alpha value is -3.12. The predicted octanol–water partition coefficient (Wildman–Crippen LogP) is 2.49. The van der Waals surface area contributed by atoms with Crippen LogP contribution in [0.5, 0.6) is 5.75 Å². The number of pyridine rings is 1. The van der Waals surface area contributed by atoms with Crippen LogP contribution < -0.4 is 10.3 Å². The third-order valence-electron chi connectivity index (χ3n) is 5.20. The molecule has 4 rings (SSSR count). The quantitative estimate of drug-likeness (QED) is 0.759. The SMILES string of the molecule is COc1ccc2[nH]c(=O)c(CN3CCN(C(=O)c4ccccc4)CC3)cc2c1. The van der Waals surface area contributed by atoms with Gasteiger partial charge < -0.3 is 14.6 Å². The van der Waals surface area contributed by atoms with Crippen molar-refractivity contribution in [3.05, 3.63) is 76.1 Å². The summed E-state index contributed by atoms with van der Waals surface area (Å²) in [5.41, 5.74) is 2.17. The molecule has 0 spiro atoms. The Bertz CT molecular complexity index is 1040. The fourth-order valence-corrected chi connectivity index (χ4v) is 3.59. The number of hydrogen-bond acceptors (Lipinski definition) is 4. The molecule has 6 heteroatoms. The minimum absolute atomic E-state index is 0.0656. The van der Waals surface area contributed by atoms with E-state index in [1.807, 2.05) is 59.5 Å². The number of benzene rings is 2. The number of hydrogen-bond donors (Lipinski definition) is 1. The van der Waals surface area contributed by atoms with Crippen molar-refractivity contribution >= 4 is 16.8 Å². The summed E-state index contributed by atoms with van der Waals surface area (Å²) in [5.74, 6) is 0.828. The lowest BCUT2D eigenvalue weighted by molar-refractivity contribution is 0.0628. The molecule has 1 fully saturated rings. The zero-order valence-electron chi connectivity index (χ0n) is 15.9.